The van der Waals surface area contributed by atoms with Crippen molar-refractivity contribution in [2.24, 2.45) is 0 Å². The first-order valence-corrected chi connectivity index (χ1v) is 8.80. The molecule has 118 valence electrons. The Morgan fingerprint density at radius 3 is 2.83 bits per heavy atom. The van der Waals surface area contributed by atoms with Crippen molar-refractivity contribution < 1.29 is 9.53 Å². The maximum atomic E-state index is 12.4. The van der Waals surface area contributed by atoms with Crippen molar-refractivity contribution in [1.82, 2.24) is 4.98 Å². The Hall–Kier alpha value is -2.18. The number of ether oxygens (including phenoxy) is 1. The van der Waals surface area contributed by atoms with E-state index in [-0.39, 0.29) is 5.91 Å². The number of para-hydroxylation sites is 2. The lowest BCUT2D eigenvalue weighted by Crippen LogP contribution is -2.14. The molecule has 0 radical (unpaired) electrons. The van der Waals surface area contributed by atoms with Crippen LogP contribution in [0.2, 0.25) is 0 Å². The lowest BCUT2D eigenvalue weighted by Gasteiger charge is -2.09. The summed E-state index contributed by atoms with van der Waals surface area (Å²) in [6, 6.07) is 11.4. The van der Waals surface area contributed by atoms with Crippen molar-refractivity contribution in [2.75, 3.05) is 12.4 Å². The molecule has 0 aliphatic rings. The molecule has 2 aromatic heterocycles. The second-order valence-electron chi connectivity index (χ2n) is 4.91. The number of nitrogens with zero attached hydrogens (tertiary/aromatic N) is 1. The van der Waals surface area contributed by atoms with E-state index in [1.807, 2.05) is 48.7 Å². The van der Waals surface area contributed by atoms with Gasteiger partial charge in [-0.05, 0) is 30.5 Å². The van der Waals surface area contributed by atoms with Crippen LogP contribution in [-0.2, 0) is 11.2 Å². The highest BCUT2D eigenvalue weighted by Gasteiger charge is 2.16. The maximum absolute atomic E-state index is 12.4. The predicted molar refractivity (Wildman–Crippen MR) is 95.5 cm³/mol. The molecule has 0 bridgehead atoms. The molecule has 0 spiro atoms. The number of carbonyl (C=O) groups excluding carboxylic acids is 1. The zero-order valence-corrected chi connectivity index (χ0v) is 14.5. The number of thiazole rings is 1. The molecule has 1 N–H and O–H groups in total. The Bertz CT molecular complexity index is 810. The summed E-state index contributed by atoms with van der Waals surface area (Å²) in [5, 5.41) is 5.89. The summed E-state index contributed by atoms with van der Waals surface area (Å²) in [4.78, 5) is 19.0. The van der Waals surface area contributed by atoms with Crippen LogP contribution in [0.3, 0.4) is 0 Å². The van der Waals surface area contributed by atoms with Gasteiger partial charge in [0, 0.05) is 4.88 Å². The van der Waals surface area contributed by atoms with Crippen LogP contribution >= 0.6 is 22.7 Å². The van der Waals surface area contributed by atoms with E-state index < -0.39 is 0 Å². The largest absolute Gasteiger partial charge is 0.495 e. The van der Waals surface area contributed by atoms with Crippen LogP contribution in [0.25, 0.3) is 10.6 Å². The Morgan fingerprint density at radius 2 is 2.09 bits per heavy atom. The topological polar surface area (TPSA) is 51.2 Å². The Balaban J connectivity index is 1.79. The lowest BCUT2D eigenvalue weighted by molar-refractivity contribution is -0.115. The first-order valence-electron chi connectivity index (χ1n) is 7.10. The number of methoxy groups -OCH3 is 1. The van der Waals surface area contributed by atoms with Gasteiger partial charge < -0.3 is 10.1 Å². The van der Waals surface area contributed by atoms with Crippen LogP contribution < -0.4 is 10.1 Å². The molecule has 1 amide bonds. The molecular formula is C17H16N2O2S2. The molecule has 0 aliphatic heterocycles. The van der Waals surface area contributed by atoms with Gasteiger partial charge in [-0.15, -0.1) is 22.7 Å². The average molecular weight is 344 g/mol. The minimum atomic E-state index is -0.0732. The van der Waals surface area contributed by atoms with E-state index in [0.29, 0.717) is 17.9 Å². The number of rotatable bonds is 5. The summed E-state index contributed by atoms with van der Waals surface area (Å²) in [7, 11) is 1.59. The zero-order chi connectivity index (χ0) is 16.2. The van der Waals surface area contributed by atoms with Gasteiger partial charge in [-0.1, -0.05) is 18.2 Å². The quantitative estimate of drug-likeness (QED) is 0.748. The number of carbonyl (C=O) groups is 1. The molecule has 2 heterocycles. The van der Waals surface area contributed by atoms with E-state index in [9.17, 15) is 4.79 Å². The van der Waals surface area contributed by atoms with Crippen molar-refractivity contribution in [3.05, 3.63) is 51.7 Å². The number of benzene rings is 1. The lowest BCUT2D eigenvalue weighted by atomic mass is 10.2. The highest BCUT2D eigenvalue weighted by Crippen LogP contribution is 2.32. The molecule has 0 atom stereocenters. The van der Waals surface area contributed by atoms with Gasteiger partial charge in [-0.25, -0.2) is 4.98 Å². The third-order valence-electron chi connectivity index (χ3n) is 3.26. The van der Waals surface area contributed by atoms with Gasteiger partial charge >= 0.3 is 0 Å². The molecule has 1 aromatic carbocycles. The van der Waals surface area contributed by atoms with E-state index in [1.54, 1.807) is 29.8 Å². The fourth-order valence-electron chi connectivity index (χ4n) is 2.28. The molecule has 23 heavy (non-hydrogen) atoms. The van der Waals surface area contributed by atoms with Gasteiger partial charge in [-0.3, -0.25) is 4.79 Å². The molecule has 0 saturated heterocycles. The van der Waals surface area contributed by atoms with E-state index in [4.69, 9.17) is 4.74 Å². The summed E-state index contributed by atoms with van der Waals surface area (Å²) in [6.45, 7) is 1.96. The van der Waals surface area contributed by atoms with Crippen molar-refractivity contribution in [3.63, 3.8) is 0 Å². The van der Waals surface area contributed by atoms with Crippen LogP contribution in [0.1, 0.15) is 9.88 Å². The molecule has 0 saturated carbocycles. The van der Waals surface area contributed by atoms with E-state index >= 15 is 0 Å². The third kappa shape index (κ3) is 3.60. The Morgan fingerprint density at radius 1 is 1.26 bits per heavy atom. The minimum Gasteiger partial charge on any atom is -0.495 e. The molecule has 3 aromatic rings. The number of hydrogen-bond acceptors (Lipinski definition) is 5. The fraction of sp³-hybridized carbons (Fsp3) is 0.176. The summed E-state index contributed by atoms with van der Waals surface area (Å²) in [5.41, 5.74) is 1.59. The average Bonchev–Trinajstić information content (AvgIpc) is 3.17. The summed E-state index contributed by atoms with van der Waals surface area (Å²) < 4.78 is 5.26. The first kappa shape index (κ1) is 15.7. The Kier molecular flexibility index (Phi) is 4.73. The second kappa shape index (κ2) is 6.93. The molecule has 4 nitrogen and oxygen atoms in total. The molecule has 0 unspecified atom stereocenters. The van der Waals surface area contributed by atoms with E-state index in [2.05, 4.69) is 10.3 Å². The van der Waals surface area contributed by atoms with Gasteiger partial charge in [0.2, 0.25) is 5.91 Å². The first-order chi connectivity index (χ1) is 11.2. The third-order valence-corrected chi connectivity index (χ3v) is 5.11. The summed E-state index contributed by atoms with van der Waals surface area (Å²) in [6.07, 6.45) is 0.302. The smallest absolute Gasteiger partial charge is 0.229 e. The van der Waals surface area contributed by atoms with Gasteiger partial charge in [0.15, 0.2) is 0 Å². The van der Waals surface area contributed by atoms with Crippen molar-refractivity contribution in [3.8, 4) is 16.3 Å². The summed E-state index contributed by atoms with van der Waals surface area (Å²) >= 11 is 3.20. The zero-order valence-electron chi connectivity index (χ0n) is 12.8. The highest BCUT2D eigenvalue weighted by molar-refractivity contribution is 7.15. The van der Waals surface area contributed by atoms with E-state index in [0.717, 1.165) is 20.5 Å². The maximum Gasteiger partial charge on any atom is 0.229 e. The van der Waals surface area contributed by atoms with Crippen molar-refractivity contribution in [2.45, 2.75) is 13.3 Å². The normalized spacial score (nSPS) is 10.5. The number of hydrogen-bond donors (Lipinski definition) is 1. The number of thiophene rings is 1. The van der Waals surface area contributed by atoms with Gasteiger partial charge in [-0.2, -0.15) is 0 Å². The number of aryl methyl sites for hydroxylation is 1. The van der Waals surface area contributed by atoms with Gasteiger partial charge in [0.05, 0.1) is 34.8 Å². The number of nitrogens with one attached hydrogen (secondary N) is 1. The second-order valence-corrected chi connectivity index (χ2v) is 7.14. The standard InChI is InChI=1S/C17H16N2O2S2/c1-11-18-17(14-8-5-9-22-14)15(23-11)10-16(20)19-12-6-3-4-7-13(12)21-2/h3-9H,10H2,1-2H3,(H,19,20). The molecule has 3 rings (SSSR count). The molecule has 0 fully saturated rings. The van der Waals surface area contributed by atoms with Gasteiger partial charge in [0.1, 0.15) is 5.75 Å². The monoisotopic (exact) mass is 344 g/mol. The summed E-state index contributed by atoms with van der Waals surface area (Å²) in [5.74, 6) is 0.579. The van der Waals surface area contributed by atoms with Crippen LogP contribution in [0.5, 0.6) is 5.75 Å². The minimum absolute atomic E-state index is 0.0732. The molecule has 6 heteroatoms. The van der Waals surface area contributed by atoms with E-state index in [1.165, 1.54) is 0 Å². The fourth-order valence-corrected chi connectivity index (χ4v) is 4.04. The SMILES string of the molecule is COc1ccccc1NC(=O)Cc1sc(C)nc1-c1cccs1. The van der Waals surface area contributed by atoms with Crippen molar-refractivity contribution >= 4 is 34.3 Å². The van der Waals surface area contributed by atoms with Gasteiger partial charge in [0.25, 0.3) is 0 Å². The highest BCUT2D eigenvalue weighted by atomic mass is 32.1. The van der Waals surface area contributed by atoms with Crippen LogP contribution in [0.15, 0.2) is 41.8 Å². The number of aromatic nitrogens is 1. The van der Waals surface area contributed by atoms with Crippen LogP contribution in [0.4, 0.5) is 5.69 Å². The Labute approximate surface area is 142 Å². The molecule has 0 aliphatic carbocycles. The van der Waals surface area contributed by atoms with Crippen LogP contribution in [0, 0.1) is 6.92 Å². The van der Waals surface area contributed by atoms with Crippen LogP contribution in [-0.4, -0.2) is 18.0 Å². The molecular weight excluding hydrogens is 328 g/mol. The number of amides is 1. The van der Waals surface area contributed by atoms with Crippen molar-refractivity contribution in [1.29, 1.82) is 0 Å². The number of anilines is 1. The predicted octanol–water partition coefficient (Wildman–Crippen LogP) is 4.37.